The minimum absolute atomic E-state index is 0.397. The quantitative estimate of drug-likeness (QED) is 0.804. The molecule has 1 aliphatic rings. The molecule has 20 heavy (non-hydrogen) atoms. The molecule has 3 heterocycles. The van der Waals surface area contributed by atoms with Gasteiger partial charge in [-0.3, -0.25) is 14.3 Å². The van der Waals surface area contributed by atoms with Crippen molar-refractivity contribution in [1.29, 1.82) is 0 Å². The fraction of sp³-hybridized carbons (Fsp3) is 0.615. The van der Waals surface area contributed by atoms with E-state index in [2.05, 4.69) is 20.1 Å². The minimum Gasteiger partial charge on any atom is -0.390 e. The third kappa shape index (κ3) is 3.23. The van der Waals surface area contributed by atoms with E-state index in [1.165, 1.54) is 6.42 Å². The highest BCUT2D eigenvalue weighted by molar-refractivity contribution is 4.83. The summed E-state index contributed by atoms with van der Waals surface area (Å²) in [7, 11) is 0. The third-order valence-electron chi connectivity index (χ3n) is 3.77. The smallest absolute Gasteiger partial charge is 0.137 e. The van der Waals surface area contributed by atoms with Gasteiger partial charge in [0.2, 0.25) is 0 Å². The molecule has 2 aromatic heterocycles. The summed E-state index contributed by atoms with van der Waals surface area (Å²) in [5.41, 5.74) is 0. The lowest BCUT2D eigenvalue weighted by atomic mass is 10.2. The second-order valence-corrected chi connectivity index (χ2v) is 5.29. The summed E-state index contributed by atoms with van der Waals surface area (Å²) in [5.74, 6) is 0. The molecule has 108 valence electrons. The summed E-state index contributed by atoms with van der Waals surface area (Å²) in [4.78, 5) is 6.32. The van der Waals surface area contributed by atoms with E-state index in [4.69, 9.17) is 0 Å². The van der Waals surface area contributed by atoms with Gasteiger partial charge in [0.05, 0.1) is 19.2 Å². The van der Waals surface area contributed by atoms with Crippen LogP contribution in [-0.2, 0) is 13.1 Å². The first-order chi connectivity index (χ1) is 9.81. The second-order valence-electron chi connectivity index (χ2n) is 5.29. The van der Waals surface area contributed by atoms with Crippen LogP contribution in [0.1, 0.15) is 12.8 Å². The van der Waals surface area contributed by atoms with Gasteiger partial charge in [-0.05, 0) is 25.5 Å². The summed E-state index contributed by atoms with van der Waals surface area (Å²) in [6.07, 6.45) is 8.84. The standard InChI is InChI=1S/C13H20N6O/c20-13(9-18-6-2-4-15-18)8-17-5-1-3-12(17)7-19-11-14-10-16-19/h2,4,6,10-13,20H,1,3,5,7-9H2/t12-,13-/m0/s1. The van der Waals surface area contributed by atoms with E-state index >= 15 is 0 Å². The number of hydrogen-bond acceptors (Lipinski definition) is 5. The molecule has 2 aromatic rings. The largest absolute Gasteiger partial charge is 0.390 e. The van der Waals surface area contributed by atoms with Crippen LogP contribution in [0.15, 0.2) is 31.1 Å². The highest BCUT2D eigenvalue weighted by Gasteiger charge is 2.26. The summed E-state index contributed by atoms with van der Waals surface area (Å²) in [6.45, 7) is 3.10. The SMILES string of the molecule is O[C@@H](CN1CCC[C@H]1Cn1cncn1)Cn1cccn1. The number of rotatable bonds is 6. The number of likely N-dealkylation sites (tertiary alicyclic amines) is 1. The predicted molar refractivity (Wildman–Crippen MR) is 72.9 cm³/mol. The molecule has 0 spiro atoms. The van der Waals surface area contributed by atoms with Crippen molar-refractivity contribution >= 4 is 0 Å². The number of hydrogen-bond donors (Lipinski definition) is 1. The summed E-state index contributed by atoms with van der Waals surface area (Å²) in [5, 5.41) is 18.5. The zero-order chi connectivity index (χ0) is 13.8. The van der Waals surface area contributed by atoms with Crippen LogP contribution in [0, 0.1) is 0 Å². The van der Waals surface area contributed by atoms with E-state index in [-0.39, 0.29) is 0 Å². The van der Waals surface area contributed by atoms with Crippen LogP contribution in [0.3, 0.4) is 0 Å². The first-order valence-electron chi connectivity index (χ1n) is 7.03. The molecule has 0 amide bonds. The van der Waals surface area contributed by atoms with E-state index in [9.17, 15) is 5.11 Å². The lowest BCUT2D eigenvalue weighted by Crippen LogP contribution is -2.40. The van der Waals surface area contributed by atoms with E-state index < -0.39 is 6.10 Å². The molecular weight excluding hydrogens is 256 g/mol. The van der Waals surface area contributed by atoms with E-state index in [0.717, 1.165) is 19.5 Å². The molecule has 0 aliphatic carbocycles. The van der Waals surface area contributed by atoms with Crippen LogP contribution < -0.4 is 0 Å². The Bertz CT molecular complexity index is 497. The van der Waals surface area contributed by atoms with E-state index in [1.807, 2.05) is 16.9 Å². The van der Waals surface area contributed by atoms with E-state index in [0.29, 0.717) is 19.1 Å². The van der Waals surface area contributed by atoms with Crippen molar-refractivity contribution in [2.75, 3.05) is 13.1 Å². The Morgan fingerprint density at radius 2 is 2.20 bits per heavy atom. The molecule has 7 heteroatoms. The maximum atomic E-state index is 10.2. The molecule has 0 aromatic carbocycles. The van der Waals surface area contributed by atoms with Crippen molar-refractivity contribution in [3.05, 3.63) is 31.1 Å². The van der Waals surface area contributed by atoms with Gasteiger partial charge in [-0.25, -0.2) is 4.98 Å². The van der Waals surface area contributed by atoms with Crippen molar-refractivity contribution in [1.82, 2.24) is 29.4 Å². The lowest BCUT2D eigenvalue weighted by Gasteiger charge is -2.26. The summed E-state index contributed by atoms with van der Waals surface area (Å²) < 4.78 is 3.63. The molecule has 7 nitrogen and oxygen atoms in total. The van der Waals surface area contributed by atoms with Gasteiger partial charge in [0, 0.05) is 25.0 Å². The van der Waals surface area contributed by atoms with Gasteiger partial charge < -0.3 is 5.11 Å². The van der Waals surface area contributed by atoms with Gasteiger partial charge in [-0.15, -0.1) is 0 Å². The number of β-amino-alcohol motifs (C(OH)–C–C–N with tert-alkyl or cyclic N) is 1. The van der Waals surface area contributed by atoms with Gasteiger partial charge >= 0.3 is 0 Å². The van der Waals surface area contributed by atoms with Crippen LogP contribution in [0.5, 0.6) is 0 Å². The number of nitrogens with zero attached hydrogens (tertiary/aromatic N) is 6. The molecule has 0 saturated carbocycles. The predicted octanol–water partition coefficient (Wildman–Crippen LogP) is 0.0001000. The normalized spacial score (nSPS) is 21.4. The van der Waals surface area contributed by atoms with Crippen LogP contribution in [0.4, 0.5) is 0 Å². The molecule has 0 radical (unpaired) electrons. The Morgan fingerprint density at radius 3 is 2.95 bits per heavy atom. The average molecular weight is 276 g/mol. The lowest BCUT2D eigenvalue weighted by molar-refractivity contribution is 0.0846. The molecule has 2 atom stereocenters. The van der Waals surface area contributed by atoms with Gasteiger partial charge in [0.25, 0.3) is 0 Å². The van der Waals surface area contributed by atoms with Crippen LogP contribution in [-0.4, -0.2) is 59.8 Å². The first-order valence-corrected chi connectivity index (χ1v) is 7.03. The highest BCUT2D eigenvalue weighted by atomic mass is 16.3. The molecular formula is C13H20N6O. The third-order valence-corrected chi connectivity index (χ3v) is 3.77. The van der Waals surface area contributed by atoms with Crippen molar-refractivity contribution in [2.24, 2.45) is 0 Å². The molecule has 1 saturated heterocycles. The van der Waals surface area contributed by atoms with Crippen molar-refractivity contribution in [3.8, 4) is 0 Å². The maximum Gasteiger partial charge on any atom is 0.137 e. The van der Waals surface area contributed by atoms with Crippen LogP contribution in [0.2, 0.25) is 0 Å². The van der Waals surface area contributed by atoms with Gasteiger partial charge in [0.15, 0.2) is 0 Å². The van der Waals surface area contributed by atoms with Gasteiger partial charge in [-0.1, -0.05) is 0 Å². The van der Waals surface area contributed by atoms with Crippen molar-refractivity contribution in [3.63, 3.8) is 0 Å². The molecule has 3 rings (SSSR count). The molecule has 1 fully saturated rings. The van der Waals surface area contributed by atoms with Gasteiger partial charge in [-0.2, -0.15) is 10.2 Å². The number of aliphatic hydroxyl groups is 1. The minimum atomic E-state index is -0.397. The summed E-state index contributed by atoms with van der Waals surface area (Å²) in [6, 6.07) is 2.31. The number of aromatic nitrogens is 5. The van der Waals surface area contributed by atoms with Crippen molar-refractivity contribution in [2.45, 2.75) is 38.1 Å². The molecule has 1 aliphatic heterocycles. The molecule has 0 unspecified atom stereocenters. The summed E-state index contributed by atoms with van der Waals surface area (Å²) >= 11 is 0. The Morgan fingerprint density at radius 1 is 1.25 bits per heavy atom. The van der Waals surface area contributed by atoms with Crippen LogP contribution in [0.25, 0.3) is 0 Å². The molecule has 1 N–H and O–H groups in total. The Balaban J connectivity index is 1.53. The Labute approximate surface area is 117 Å². The fourth-order valence-corrected chi connectivity index (χ4v) is 2.84. The van der Waals surface area contributed by atoms with Gasteiger partial charge in [0.1, 0.15) is 12.7 Å². The topological polar surface area (TPSA) is 72.0 Å². The monoisotopic (exact) mass is 276 g/mol. The maximum absolute atomic E-state index is 10.2. The number of aliphatic hydroxyl groups excluding tert-OH is 1. The highest BCUT2D eigenvalue weighted by Crippen LogP contribution is 2.19. The van der Waals surface area contributed by atoms with E-state index in [1.54, 1.807) is 23.5 Å². The molecule has 0 bridgehead atoms. The second kappa shape index (κ2) is 6.15. The average Bonchev–Trinajstić information content (AvgIpc) is 3.14. The Kier molecular flexibility index (Phi) is 4.08. The van der Waals surface area contributed by atoms with Crippen molar-refractivity contribution < 1.29 is 5.11 Å². The zero-order valence-corrected chi connectivity index (χ0v) is 11.4. The first kappa shape index (κ1) is 13.3. The zero-order valence-electron chi connectivity index (χ0n) is 11.4. The fourth-order valence-electron chi connectivity index (χ4n) is 2.84. The Hall–Kier alpha value is -1.73. The van der Waals surface area contributed by atoms with Crippen LogP contribution >= 0.6 is 0 Å².